The Morgan fingerprint density at radius 3 is 1.96 bits per heavy atom. The molecule has 0 amide bonds. The Morgan fingerprint density at radius 2 is 1.20 bits per heavy atom. The molecule has 0 saturated heterocycles. The second kappa shape index (κ2) is 11.6. The minimum Gasteiger partial charge on any atom is -0.278 e. The quantitative estimate of drug-likeness (QED) is 0.141. The predicted octanol–water partition coefficient (Wildman–Crippen LogP) is 7.10. The lowest BCUT2D eigenvalue weighted by atomic mass is 10.2. The summed E-state index contributed by atoms with van der Waals surface area (Å²) in [6.45, 7) is -0.0946. The smallest absolute Gasteiger partial charge is 0.220 e. The molecule has 3 nitrogen and oxygen atoms in total. The molecule has 0 saturated carbocycles. The highest BCUT2D eigenvalue weighted by Gasteiger charge is 2.46. The first kappa shape index (κ1) is 27.3. The Kier molecular flexibility index (Phi) is 6.20. The molecule has 6 heteroatoms. The average molecular weight is 709 g/mol. The lowest BCUT2D eigenvalue weighted by molar-refractivity contribution is 1.11. The van der Waals surface area contributed by atoms with Crippen LogP contribution in [0.1, 0.15) is 4.11 Å². The van der Waals surface area contributed by atoms with E-state index in [9.17, 15) is 0 Å². The van der Waals surface area contributed by atoms with Crippen molar-refractivity contribution in [3.8, 4) is 5.69 Å². The van der Waals surface area contributed by atoms with Crippen molar-refractivity contribution >= 4 is 86.9 Å². The minimum atomic E-state index is -3.24. The molecule has 3 heterocycles. The summed E-state index contributed by atoms with van der Waals surface area (Å²) >= 11 is 1.75. The van der Waals surface area contributed by atoms with E-state index in [1.165, 1.54) is 20.7 Å². The van der Waals surface area contributed by atoms with Crippen molar-refractivity contribution in [2.75, 3.05) is 0 Å². The number of fused-ring (bicyclic) bond motifs is 7. The van der Waals surface area contributed by atoms with Crippen LogP contribution in [0.15, 0.2) is 186 Å². The van der Waals surface area contributed by atoms with Gasteiger partial charge >= 0.3 is 0 Å². The molecule has 0 bridgehead atoms. The summed E-state index contributed by atoms with van der Waals surface area (Å²) in [6, 6.07) is 62.4. The Balaban J connectivity index is 1.32. The van der Waals surface area contributed by atoms with Gasteiger partial charge in [-0.3, -0.25) is 8.97 Å². The number of hydrogen-bond donors (Lipinski definition) is 0. The molecule has 10 rings (SSSR count). The molecule has 0 fully saturated rings. The standard InChI is InChI=1S/C45H35N3SSi2/c1-50(2)41-28-14-13-27-40(41)49-44-42(50)29-16-30-43(44)51(33-18-5-3-6-19-33,34-20-7-4-8-21-34)35-22-15-17-32(31-35)47-38-25-11-12-26-39(38)48-37-24-10-9-23-36(37)46-45(47)48/h3-31H,1-2H3/i1D3. The number of hydrogen-bond acceptors (Lipinski definition) is 2. The van der Waals surface area contributed by atoms with E-state index in [1.54, 1.807) is 11.8 Å². The molecule has 244 valence electrons. The number of benzene rings is 7. The average Bonchev–Trinajstić information content (AvgIpc) is 3.74. The van der Waals surface area contributed by atoms with Gasteiger partial charge in [-0.05, 0) is 73.6 Å². The maximum absolute atomic E-state index is 9.07. The number of para-hydroxylation sites is 4. The maximum Gasteiger partial charge on any atom is 0.220 e. The van der Waals surface area contributed by atoms with Crippen molar-refractivity contribution in [2.45, 2.75) is 22.8 Å². The molecule has 51 heavy (non-hydrogen) atoms. The van der Waals surface area contributed by atoms with Gasteiger partial charge < -0.3 is 0 Å². The topological polar surface area (TPSA) is 22.2 Å². The highest BCUT2D eigenvalue weighted by molar-refractivity contribution is 8.00. The van der Waals surface area contributed by atoms with Crippen molar-refractivity contribution in [1.82, 2.24) is 14.0 Å². The molecule has 0 aliphatic carbocycles. The monoisotopic (exact) mass is 708 g/mol. The van der Waals surface area contributed by atoms with Crippen LogP contribution in [0.4, 0.5) is 0 Å². The normalized spacial score (nSPS) is 16.8. The molecule has 9 aromatic rings. The molecule has 0 spiro atoms. The zero-order valence-corrected chi connectivity index (χ0v) is 30.8. The van der Waals surface area contributed by atoms with Crippen LogP contribution in [-0.4, -0.2) is 30.1 Å². The van der Waals surface area contributed by atoms with Gasteiger partial charge in [0.25, 0.3) is 0 Å². The molecule has 7 aromatic carbocycles. The summed E-state index contributed by atoms with van der Waals surface area (Å²) in [4.78, 5) is 7.34. The Bertz CT molecular complexity index is 2850. The fourth-order valence-corrected chi connectivity index (χ4v) is 18.7. The van der Waals surface area contributed by atoms with Crippen LogP contribution in [0.25, 0.3) is 33.5 Å². The number of rotatable bonds is 5. The zero-order chi connectivity index (χ0) is 36.7. The summed E-state index contributed by atoms with van der Waals surface area (Å²) in [7, 11) is -6.39. The van der Waals surface area contributed by atoms with Crippen molar-refractivity contribution in [3.63, 3.8) is 0 Å². The lowest BCUT2D eigenvalue weighted by Gasteiger charge is -2.40. The van der Waals surface area contributed by atoms with Crippen LogP contribution in [0.3, 0.4) is 0 Å². The third-order valence-corrected chi connectivity index (χ3v) is 20.2. The molecule has 1 aliphatic rings. The predicted molar refractivity (Wildman–Crippen MR) is 220 cm³/mol. The number of aromatic nitrogens is 3. The second-order valence-corrected chi connectivity index (χ2v) is 21.6. The van der Waals surface area contributed by atoms with Gasteiger partial charge in [-0.1, -0.05) is 158 Å². The highest BCUT2D eigenvalue weighted by atomic mass is 32.2. The first-order valence-corrected chi connectivity index (χ1v) is 22.6. The zero-order valence-electron chi connectivity index (χ0n) is 31.0. The van der Waals surface area contributed by atoms with Crippen LogP contribution >= 0.6 is 11.8 Å². The van der Waals surface area contributed by atoms with Crippen molar-refractivity contribution < 1.29 is 4.11 Å². The Hall–Kier alpha value is -5.41. The van der Waals surface area contributed by atoms with Gasteiger partial charge in [0.15, 0.2) is 8.07 Å². The summed E-state index contributed by atoms with van der Waals surface area (Å²) in [6.07, 6.45) is 0. The van der Waals surface area contributed by atoms with E-state index < -0.39 is 22.6 Å². The van der Waals surface area contributed by atoms with Gasteiger partial charge in [0.05, 0.1) is 22.1 Å². The van der Waals surface area contributed by atoms with Crippen LogP contribution < -0.4 is 31.1 Å². The van der Waals surface area contributed by atoms with Crippen LogP contribution in [-0.2, 0) is 0 Å². The minimum absolute atomic E-state index is 0.866. The lowest BCUT2D eigenvalue weighted by Crippen LogP contribution is -2.76. The molecule has 1 aliphatic heterocycles. The van der Waals surface area contributed by atoms with E-state index in [4.69, 9.17) is 9.10 Å². The van der Waals surface area contributed by atoms with E-state index in [-0.39, 0.29) is 0 Å². The van der Waals surface area contributed by atoms with Crippen molar-refractivity contribution in [2.24, 2.45) is 0 Å². The summed E-state index contributed by atoms with van der Waals surface area (Å²) in [5.41, 5.74) is 5.24. The van der Waals surface area contributed by atoms with Crippen molar-refractivity contribution in [3.05, 3.63) is 176 Å². The number of nitrogens with zero attached hydrogens (tertiary/aromatic N) is 3. The summed E-state index contributed by atoms with van der Waals surface area (Å²) < 4.78 is 31.8. The molecule has 1 atom stereocenters. The fraction of sp³-hybridized carbons (Fsp3) is 0.0444. The Labute approximate surface area is 308 Å². The second-order valence-electron chi connectivity index (χ2n) is 13.5. The van der Waals surface area contributed by atoms with Gasteiger partial charge in [0.1, 0.15) is 8.07 Å². The van der Waals surface area contributed by atoms with Crippen molar-refractivity contribution in [1.29, 1.82) is 0 Å². The van der Waals surface area contributed by atoms with Gasteiger partial charge in [-0.25, -0.2) is 4.98 Å². The highest BCUT2D eigenvalue weighted by Crippen LogP contribution is 2.34. The third-order valence-electron chi connectivity index (χ3n) is 10.7. The van der Waals surface area contributed by atoms with Crippen LogP contribution in [0.2, 0.25) is 13.0 Å². The molecule has 2 aromatic heterocycles. The summed E-state index contributed by atoms with van der Waals surface area (Å²) in [5.74, 6) is 0.866. The van der Waals surface area contributed by atoms with Gasteiger partial charge in [-0.2, -0.15) is 0 Å². The van der Waals surface area contributed by atoms with E-state index >= 15 is 0 Å². The van der Waals surface area contributed by atoms with Crippen LogP contribution in [0.5, 0.6) is 0 Å². The largest absolute Gasteiger partial charge is 0.278 e. The van der Waals surface area contributed by atoms with E-state index in [2.05, 4.69) is 167 Å². The SMILES string of the molecule is [2H]C([2H])([2H])[Si]1(C)c2ccccc2Sc2c([Si](c3ccccc3)(c3ccccc3)c3cccc(-n4c5ccccc5n5c6ccccc6nc45)c3)cccc21. The first-order chi connectivity index (χ1) is 26.3. The molecule has 0 N–H and O–H groups in total. The molecule has 0 radical (unpaired) electrons. The fourth-order valence-electron chi connectivity index (χ4n) is 8.39. The molecule has 1 unspecified atom stereocenters. The van der Waals surface area contributed by atoms with E-state index in [0.29, 0.717) is 0 Å². The first-order valence-electron chi connectivity index (χ1n) is 18.8. The summed E-state index contributed by atoms with van der Waals surface area (Å²) in [5, 5.41) is 6.90. The van der Waals surface area contributed by atoms with Crippen LogP contribution in [0, 0.1) is 0 Å². The van der Waals surface area contributed by atoms with Gasteiger partial charge in [-0.15, -0.1) is 0 Å². The van der Waals surface area contributed by atoms with Gasteiger partial charge in [0.2, 0.25) is 5.78 Å². The number of imidazole rings is 2. The molecular formula is C45H35N3SSi2. The Morgan fingerprint density at radius 1 is 0.588 bits per heavy atom. The van der Waals surface area contributed by atoms with E-state index in [0.717, 1.165) is 53.7 Å². The maximum atomic E-state index is 9.07. The van der Waals surface area contributed by atoms with Gasteiger partial charge in [0, 0.05) is 19.6 Å². The molecular weight excluding hydrogens is 671 g/mol. The van der Waals surface area contributed by atoms with E-state index in [1.807, 2.05) is 24.7 Å². The third kappa shape index (κ3) is 4.40.